The van der Waals surface area contributed by atoms with Crippen LogP contribution in [0.15, 0.2) is 12.3 Å². The molecule has 0 bridgehead atoms. The lowest BCUT2D eigenvalue weighted by Gasteiger charge is -2.22. The number of ether oxygens (including phenoxy) is 2. The monoisotopic (exact) mass is 267 g/mol. The predicted octanol–water partition coefficient (Wildman–Crippen LogP) is 0.250. The first-order valence-electron chi connectivity index (χ1n) is 6.09. The Morgan fingerprint density at radius 3 is 2.68 bits per heavy atom. The van der Waals surface area contributed by atoms with E-state index in [1.807, 2.05) is 4.90 Å². The summed E-state index contributed by atoms with van der Waals surface area (Å²) in [5.41, 5.74) is 5.86. The Morgan fingerprint density at radius 2 is 2.05 bits per heavy atom. The molecule has 0 fully saturated rings. The second-order valence-corrected chi connectivity index (χ2v) is 3.98. The molecule has 0 aromatic carbocycles. The van der Waals surface area contributed by atoms with Crippen molar-refractivity contribution in [3.05, 3.63) is 18.0 Å². The fourth-order valence-corrected chi connectivity index (χ4v) is 1.56. The minimum atomic E-state index is -0.0627. The van der Waals surface area contributed by atoms with Crippen molar-refractivity contribution in [2.24, 2.45) is 5.73 Å². The summed E-state index contributed by atoms with van der Waals surface area (Å²) in [6.07, 6.45) is 2.48. The number of hydrogen-bond donors (Lipinski definition) is 2. The number of nitrogen functional groups attached to an aromatic ring is 1. The van der Waals surface area contributed by atoms with Gasteiger partial charge in [-0.05, 0) is 12.5 Å². The van der Waals surface area contributed by atoms with Crippen LogP contribution in [-0.2, 0) is 9.47 Å². The molecular formula is C12H21N5O2. The first-order chi connectivity index (χ1) is 9.19. The number of nitrogens with two attached hydrogens (primary N) is 1. The van der Waals surface area contributed by atoms with Crippen LogP contribution < -0.4 is 10.6 Å². The molecule has 0 saturated carbocycles. The van der Waals surface area contributed by atoms with Crippen LogP contribution >= 0.6 is 0 Å². The van der Waals surface area contributed by atoms with E-state index in [1.54, 1.807) is 26.5 Å². The first kappa shape index (κ1) is 15.3. The van der Waals surface area contributed by atoms with E-state index in [-0.39, 0.29) is 5.84 Å². The fraction of sp³-hybridized carbons (Fsp3) is 0.583. The highest BCUT2D eigenvalue weighted by Crippen LogP contribution is 2.08. The van der Waals surface area contributed by atoms with Crippen LogP contribution in [0.3, 0.4) is 0 Å². The number of anilines is 1. The number of aromatic nitrogens is 2. The van der Waals surface area contributed by atoms with Gasteiger partial charge in [-0.25, -0.2) is 9.97 Å². The zero-order chi connectivity index (χ0) is 14.1. The second kappa shape index (κ2) is 8.39. The summed E-state index contributed by atoms with van der Waals surface area (Å²) in [5.74, 6) is 0.494. The Hall–Kier alpha value is -1.73. The summed E-state index contributed by atoms with van der Waals surface area (Å²) in [6.45, 7) is 2.71. The summed E-state index contributed by atoms with van der Waals surface area (Å²) < 4.78 is 10.1. The van der Waals surface area contributed by atoms with Crippen LogP contribution in [0.1, 0.15) is 12.1 Å². The molecule has 19 heavy (non-hydrogen) atoms. The van der Waals surface area contributed by atoms with E-state index in [0.717, 1.165) is 13.0 Å². The van der Waals surface area contributed by atoms with Gasteiger partial charge in [-0.3, -0.25) is 5.41 Å². The standard InChI is InChI=1S/C12H21N5O2/c1-18-8-3-6-17(7-9-19-2)12-15-5-4-10(16-12)11(13)14/h4-5H,3,6-9H2,1-2H3,(H3,13,14). The van der Waals surface area contributed by atoms with Crippen molar-refractivity contribution in [1.29, 1.82) is 5.41 Å². The summed E-state index contributed by atoms with van der Waals surface area (Å²) in [7, 11) is 3.33. The Bertz CT molecular complexity index is 399. The normalized spacial score (nSPS) is 10.4. The maximum atomic E-state index is 7.40. The quantitative estimate of drug-likeness (QED) is 0.378. The number of rotatable bonds is 9. The molecular weight excluding hydrogens is 246 g/mol. The van der Waals surface area contributed by atoms with Crippen LogP contribution in [0.5, 0.6) is 0 Å². The van der Waals surface area contributed by atoms with E-state index in [0.29, 0.717) is 31.4 Å². The third kappa shape index (κ3) is 5.19. The van der Waals surface area contributed by atoms with Gasteiger partial charge in [-0.2, -0.15) is 0 Å². The summed E-state index contributed by atoms with van der Waals surface area (Å²) in [5, 5.41) is 7.40. The molecule has 0 aliphatic heterocycles. The average Bonchev–Trinajstić information content (AvgIpc) is 2.43. The number of nitrogens with one attached hydrogen (secondary N) is 1. The molecule has 0 atom stereocenters. The van der Waals surface area contributed by atoms with Gasteiger partial charge in [-0.15, -0.1) is 0 Å². The largest absolute Gasteiger partial charge is 0.385 e. The maximum absolute atomic E-state index is 7.40. The highest BCUT2D eigenvalue weighted by molar-refractivity contribution is 5.93. The molecule has 106 valence electrons. The third-order valence-electron chi connectivity index (χ3n) is 2.54. The smallest absolute Gasteiger partial charge is 0.226 e. The van der Waals surface area contributed by atoms with Gasteiger partial charge in [0, 0.05) is 40.1 Å². The Balaban J connectivity index is 2.76. The summed E-state index contributed by atoms with van der Waals surface area (Å²) >= 11 is 0. The molecule has 1 aromatic heterocycles. The second-order valence-electron chi connectivity index (χ2n) is 3.98. The van der Waals surface area contributed by atoms with Gasteiger partial charge in [0.05, 0.1) is 6.61 Å². The minimum absolute atomic E-state index is 0.0627. The Labute approximate surface area is 113 Å². The van der Waals surface area contributed by atoms with Crippen LogP contribution in [0, 0.1) is 5.41 Å². The lowest BCUT2D eigenvalue weighted by molar-refractivity contribution is 0.190. The van der Waals surface area contributed by atoms with Gasteiger partial charge in [0.25, 0.3) is 0 Å². The van der Waals surface area contributed by atoms with Gasteiger partial charge in [-0.1, -0.05) is 0 Å². The van der Waals surface area contributed by atoms with Crippen molar-refractivity contribution in [3.63, 3.8) is 0 Å². The van der Waals surface area contributed by atoms with Gasteiger partial charge >= 0.3 is 0 Å². The van der Waals surface area contributed by atoms with Crippen molar-refractivity contribution in [3.8, 4) is 0 Å². The maximum Gasteiger partial charge on any atom is 0.226 e. The highest BCUT2D eigenvalue weighted by Gasteiger charge is 2.10. The van der Waals surface area contributed by atoms with E-state index < -0.39 is 0 Å². The molecule has 0 unspecified atom stereocenters. The zero-order valence-corrected chi connectivity index (χ0v) is 11.4. The highest BCUT2D eigenvalue weighted by atomic mass is 16.5. The molecule has 0 spiro atoms. The minimum Gasteiger partial charge on any atom is -0.385 e. The number of nitrogens with zero attached hydrogens (tertiary/aromatic N) is 3. The van der Waals surface area contributed by atoms with E-state index in [2.05, 4.69) is 9.97 Å². The molecule has 0 amide bonds. The third-order valence-corrected chi connectivity index (χ3v) is 2.54. The molecule has 0 aliphatic rings. The molecule has 1 aromatic rings. The van der Waals surface area contributed by atoms with Crippen molar-refractivity contribution in [1.82, 2.24) is 9.97 Å². The van der Waals surface area contributed by atoms with Gasteiger partial charge in [0.1, 0.15) is 11.5 Å². The van der Waals surface area contributed by atoms with E-state index in [4.69, 9.17) is 20.6 Å². The molecule has 0 aliphatic carbocycles. The fourth-order valence-electron chi connectivity index (χ4n) is 1.56. The average molecular weight is 267 g/mol. The van der Waals surface area contributed by atoms with E-state index in [1.165, 1.54) is 0 Å². The molecule has 7 heteroatoms. The predicted molar refractivity (Wildman–Crippen MR) is 73.6 cm³/mol. The van der Waals surface area contributed by atoms with Gasteiger partial charge in [0.2, 0.25) is 5.95 Å². The van der Waals surface area contributed by atoms with E-state index in [9.17, 15) is 0 Å². The first-order valence-corrected chi connectivity index (χ1v) is 6.09. The molecule has 1 heterocycles. The topological polar surface area (TPSA) is 97.4 Å². The number of hydrogen-bond acceptors (Lipinski definition) is 6. The molecule has 0 saturated heterocycles. The van der Waals surface area contributed by atoms with Crippen LogP contribution in [0.4, 0.5) is 5.95 Å². The molecule has 3 N–H and O–H groups in total. The molecule has 1 rings (SSSR count). The lowest BCUT2D eigenvalue weighted by atomic mass is 10.3. The lowest BCUT2D eigenvalue weighted by Crippen LogP contribution is -2.31. The SMILES string of the molecule is COCCCN(CCOC)c1nccc(C(=N)N)n1. The summed E-state index contributed by atoms with van der Waals surface area (Å²) in [6, 6.07) is 1.62. The van der Waals surface area contributed by atoms with Gasteiger partial charge in [0.15, 0.2) is 0 Å². The van der Waals surface area contributed by atoms with Crippen molar-refractivity contribution in [2.75, 3.05) is 45.4 Å². The molecule has 0 radical (unpaired) electrons. The zero-order valence-electron chi connectivity index (χ0n) is 11.4. The number of amidine groups is 1. The van der Waals surface area contributed by atoms with E-state index >= 15 is 0 Å². The summed E-state index contributed by atoms with van der Waals surface area (Å²) in [4.78, 5) is 10.5. The van der Waals surface area contributed by atoms with Crippen molar-refractivity contribution >= 4 is 11.8 Å². The van der Waals surface area contributed by atoms with Crippen molar-refractivity contribution < 1.29 is 9.47 Å². The van der Waals surface area contributed by atoms with Crippen LogP contribution in [0.2, 0.25) is 0 Å². The number of methoxy groups -OCH3 is 2. The Morgan fingerprint density at radius 1 is 1.32 bits per heavy atom. The van der Waals surface area contributed by atoms with Crippen molar-refractivity contribution in [2.45, 2.75) is 6.42 Å². The molecule has 7 nitrogen and oxygen atoms in total. The van der Waals surface area contributed by atoms with Crippen LogP contribution in [-0.4, -0.2) is 56.3 Å². The van der Waals surface area contributed by atoms with Crippen LogP contribution in [0.25, 0.3) is 0 Å². The Kier molecular flexibility index (Phi) is 6.76. The van der Waals surface area contributed by atoms with Gasteiger partial charge < -0.3 is 20.1 Å².